The van der Waals surface area contributed by atoms with E-state index in [1.54, 1.807) is 6.33 Å². The van der Waals surface area contributed by atoms with Gasteiger partial charge in [-0.1, -0.05) is 49.0 Å². The van der Waals surface area contributed by atoms with Crippen molar-refractivity contribution in [3.63, 3.8) is 0 Å². The fourth-order valence-electron chi connectivity index (χ4n) is 7.50. The first-order valence-electron chi connectivity index (χ1n) is 17.1. The second-order valence-corrected chi connectivity index (χ2v) is 13.8. The highest BCUT2D eigenvalue weighted by Crippen LogP contribution is 2.36. The Morgan fingerprint density at radius 3 is 2.20 bits per heavy atom. The van der Waals surface area contributed by atoms with E-state index in [9.17, 15) is 9.90 Å². The van der Waals surface area contributed by atoms with Gasteiger partial charge in [0, 0.05) is 67.3 Å². The first-order chi connectivity index (χ1) is 22.2. The highest BCUT2D eigenvalue weighted by Gasteiger charge is 2.39. The molecule has 6 rings (SSSR count). The second-order valence-electron chi connectivity index (χ2n) is 13.8. The molecule has 8 nitrogen and oxygen atoms in total. The summed E-state index contributed by atoms with van der Waals surface area (Å²) in [5.74, 6) is -0.297. The van der Waals surface area contributed by atoms with Crippen LogP contribution in [-0.2, 0) is 11.3 Å². The van der Waals surface area contributed by atoms with Gasteiger partial charge in [-0.25, -0.2) is 9.97 Å². The highest BCUT2D eigenvalue weighted by atomic mass is 16.3. The van der Waals surface area contributed by atoms with Gasteiger partial charge in [-0.2, -0.15) is 0 Å². The fourth-order valence-corrected chi connectivity index (χ4v) is 7.50. The molecule has 2 aliphatic heterocycles. The smallest absolute Gasteiger partial charge is 0.253 e. The van der Waals surface area contributed by atoms with Crippen molar-refractivity contribution in [3.05, 3.63) is 95.6 Å². The molecule has 3 heterocycles. The lowest BCUT2D eigenvalue weighted by atomic mass is 9.85. The number of aliphatic hydroxyl groups is 1. The van der Waals surface area contributed by atoms with Crippen molar-refractivity contribution in [1.29, 1.82) is 0 Å². The van der Waals surface area contributed by atoms with Crippen molar-refractivity contribution < 1.29 is 9.90 Å². The van der Waals surface area contributed by atoms with Gasteiger partial charge < -0.3 is 20.2 Å². The van der Waals surface area contributed by atoms with Crippen LogP contribution >= 0.6 is 0 Å². The van der Waals surface area contributed by atoms with Crippen molar-refractivity contribution in [1.82, 2.24) is 25.1 Å². The molecule has 0 bridgehead atoms. The van der Waals surface area contributed by atoms with Crippen LogP contribution in [-0.4, -0.2) is 74.6 Å². The van der Waals surface area contributed by atoms with Crippen LogP contribution < -0.4 is 10.2 Å². The molecule has 1 atom stereocenters. The van der Waals surface area contributed by atoms with Gasteiger partial charge in [0.05, 0.1) is 11.4 Å². The molecular formula is C38H50N6O2. The summed E-state index contributed by atoms with van der Waals surface area (Å²) in [4.78, 5) is 29.1. The normalized spacial score (nSPS) is 19.7. The Balaban J connectivity index is 1.10. The molecule has 46 heavy (non-hydrogen) atoms. The number of carbonyl (C=O) groups excluding carboxylic acids is 1. The predicted octanol–water partition coefficient (Wildman–Crippen LogP) is 5.79. The molecule has 3 aromatic rings. The summed E-state index contributed by atoms with van der Waals surface area (Å²) >= 11 is 0. The third-order valence-corrected chi connectivity index (χ3v) is 10.8. The summed E-state index contributed by atoms with van der Waals surface area (Å²) in [5, 5.41) is 13.7. The van der Waals surface area contributed by atoms with E-state index in [0.717, 1.165) is 106 Å². The highest BCUT2D eigenvalue weighted by molar-refractivity contribution is 5.82. The van der Waals surface area contributed by atoms with Crippen LogP contribution in [0.15, 0.2) is 67.5 Å². The van der Waals surface area contributed by atoms with Crippen LogP contribution in [0.3, 0.4) is 0 Å². The molecule has 0 spiro atoms. The standard InChI is InChI=1S/C38H50N6O2/c1-27-35(28(2)40-26-39-27)29(3)42-23-19-38(4,20-24-42)43-21-17-34(18-22-43)44(25-30-9-6-5-7-10-30)33-15-13-31(14-16-33)36(45)37(46)41-32-11-8-12-32/h5-7,9-10,13-16,26,32,34,36,45H,3,8,11-12,17-25H2,1-2,4H3,(H,41,46)/t36-/m0/s1. The Bertz CT molecular complexity index is 1470. The number of nitrogens with one attached hydrogen (secondary N) is 1. The zero-order valence-electron chi connectivity index (χ0n) is 27.8. The molecule has 1 saturated carbocycles. The number of anilines is 1. The van der Waals surface area contributed by atoms with Gasteiger partial charge in [0.25, 0.3) is 5.91 Å². The fraction of sp³-hybridized carbons (Fsp3) is 0.500. The minimum Gasteiger partial charge on any atom is -0.378 e. The third kappa shape index (κ3) is 6.98. The molecule has 0 unspecified atom stereocenters. The average Bonchev–Trinajstić information content (AvgIpc) is 3.06. The number of aliphatic hydroxyl groups excluding tert-OH is 1. The quantitative estimate of drug-likeness (QED) is 0.296. The lowest BCUT2D eigenvalue weighted by molar-refractivity contribution is -0.130. The van der Waals surface area contributed by atoms with E-state index in [0.29, 0.717) is 11.6 Å². The largest absolute Gasteiger partial charge is 0.378 e. The van der Waals surface area contributed by atoms with Crippen LogP contribution in [0.5, 0.6) is 0 Å². The number of amides is 1. The van der Waals surface area contributed by atoms with Gasteiger partial charge in [0.15, 0.2) is 6.10 Å². The number of carbonyl (C=O) groups is 1. The lowest BCUT2D eigenvalue weighted by Crippen LogP contribution is -2.57. The van der Waals surface area contributed by atoms with Crippen LogP contribution in [0.25, 0.3) is 5.70 Å². The molecule has 244 valence electrons. The van der Waals surface area contributed by atoms with E-state index in [1.807, 2.05) is 26.0 Å². The second kappa shape index (κ2) is 13.9. The molecule has 2 aromatic carbocycles. The van der Waals surface area contributed by atoms with Crippen LogP contribution in [0.2, 0.25) is 0 Å². The first kappa shape index (κ1) is 32.2. The van der Waals surface area contributed by atoms with Crippen LogP contribution in [0, 0.1) is 13.8 Å². The summed E-state index contributed by atoms with van der Waals surface area (Å²) in [7, 11) is 0. The molecule has 1 aliphatic carbocycles. The predicted molar refractivity (Wildman–Crippen MR) is 184 cm³/mol. The number of hydrogen-bond donors (Lipinski definition) is 2. The third-order valence-electron chi connectivity index (χ3n) is 10.8. The number of aromatic nitrogens is 2. The lowest BCUT2D eigenvalue weighted by Gasteiger charge is -2.51. The summed E-state index contributed by atoms with van der Waals surface area (Å²) in [6.07, 6.45) is 8.03. The molecule has 1 amide bonds. The van der Waals surface area contributed by atoms with E-state index >= 15 is 0 Å². The SMILES string of the molecule is C=C(c1c(C)ncnc1C)N1CCC(C)(N2CCC(N(Cc3ccccc3)c3ccc([C@H](O)C(=O)NC4CCC4)cc3)CC2)CC1. The maximum atomic E-state index is 12.6. The Kier molecular flexibility index (Phi) is 9.76. The Labute approximate surface area is 274 Å². The summed E-state index contributed by atoms with van der Waals surface area (Å²) in [6, 6.07) is 19.3. The molecule has 1 aromatic heterocycles. The number of piperidine rings is 2. The average molecular weight is 623 g/mol. The zero-order valence-corrected chi connectivity index (χ0v) is 27.8. The van der Waals surface area contributed by atoms with E-state index in [4.69, 9.17) is 0 Å². The zero-order chi connectivity index (χ0) is 32.3. The Morgan fingerprint density at radius 1 is 0.978 bits per heavy atom. The summed E-state index contributed by atoms with van der Waals surface area (Å²) in [6.45, 7) is 15.9. The summed E-state index contributed by atoms with van der Waals surface area (Å²) < 4.78 is 0. The van der Waals surface area contributed by atoms with Gasteiger partial charge in [0.2, 0.25) is 0 Å². The van der Waals surface area contributed by atoms with E-state index < -0.39 is 6.10 Å². The van der Waals surface area contributed by atoms with Gasteiger partial charge in [-0.3, -0.25) is 9.69 Å². The van der Waals surface area contributed by atoms with Crippen molar-refractivity contribution in [2.45, 2.75) is 96.0 Å². The topological polar surface area (TPSA) is 84.8 Å². The molecule has 2 saturated heterocycles. The number of nitrogens with zero attached hydrogens (tertiary/aromatic N) is 5. The molecule has 8 heteroatoms. The number of rotatable bonds is 10. The van der Waals surface area contributed by atoms with E-state index in [-0.39, 0.29) is 17.5 Å². The minimum atomic E-state index is -1.14. The maximum Gasteiger partial charge on any atom is 0.253 e. The number of likely N-dealkylation sites (tertiary alicyclic amines) is 2. The van der Waals surface area contributed by atoms with E-state index in [1.165, 1.54) is 5.56 Å². The molecular weight excluding hydrogens is 572 g/mol. The number of aryl methyl sites for hydroxylation is 2. The van der Waals surface area contributed by atoms with Crippen molar-refractivity contribution in [3.8, 4) is 0 Å². The maximum absolute atomic E-state index is 12.6. The Hall–Kier alpha value is -3.75. The van der Waals surface area contributed by atoms with Gasteiger partial charge in [-0.15, -0.1) is 0 Å². The number of benzene rings is 2. The van der Waals surface area contributed by atoms with Crippen LogP contribution in [0.1, 0.15) is 86.1 Å². The monoisotopic (exact) mass is 622 g/mol. The van der Waals surface area contributed by atoms with Gasteiger partial charge in [-0.05, 0) is 89.0 Å². The van der Waals surface area contributed by atoms with Gasteiger partial charge >= 0.3 is 0 Å². The first-order valence-corrected chi connectivity index (χ1v) is 17.1. The Morgan fingerprint density at radius 2 is 1.61 bits per heavy atom. The summed E-state index contributed by atoms with van der Waals surface area (Å²) in [5.41, 5.74) is 7.34. The van der Waals surface area contributed by atoms with Crippen molar-refractivity contribution in [2.24, 2.45) is 0 Å². The molecule has 2 N–H and O–H groups in total. The minimum absolute atomic E-state index is 0.168. The molecule has 0 radical (unpaired) electrons. The number of hydrogen-bond acceptors (Lipinski definition) is 7. The van der Waals surface area contributed by atoms with E-state index in [2.05, 4.69) is 86.0 Å². The molecule has 3 fully saturated rings. The molecule has 3 aliphatic rings. The van der Waals surface area contributed by atoms with Crippen molar-refractivity contribution >= 4 is 17.3 Å². The van der Waals surface area contributed by atoms with Gasteiger partial charge in [0.1, 0.15) is 6.33 Å². The van der Waals surface area contributed by atoms with Crippen LogP contribution in [0.4, 0.5) is 5.69 Å². The van der Waals surface area contributed by atoms with Crippen molar-refractivity contribution in [2.75, 3.05) is 31.1 Å².